The van der Waals surface area contributed by atoms with E-state index in [0.717, 1.165) is 28.6 Å². The van der Waals surface area contributed by atoms with Crippen molar-refractivity contribution in [1.82, 2.24) is 0 Å². The molecule has 1 aliphatic rings. The highest BCUT2D eigenvalue weighted by molar-refractivity contribution is 9.10. The fourth-order valence-corrected chi connectivity index (χ4v) is 3.32. The Bertz CT molecular complexity index is 505. The summed E-state index contributed by atoms with van der Waals surface area (Å²) in [5.74, 6) is -0.312. The van der Waals surface area contributed by atoms with Crippen LogP contribution < -0.4 is 10.6 Å². The average molecular weight is 341 g/mol. The van der Waals surface area contributed by atoms with Crippen molar-refractivity contribution < 1.29 is 9.90 Å². The van der Waals surface area contributed by atoms with Crippen LogP contribution in [-0.4, -0.2) is 23.6 Å². The van der Waals surface area contributed by atoms with Crippen molar-refractivity contribution in [2.24, 2.45) is 11.7 Å². The van der Waals surface area contributed by atoms with E-state index in [4.69, 9.17) is 5.73 Å². The van der Waals surface area contributed by atoms with Crippen LogP contribution in [0.5, 0.6) is 0 Å². The average Bonchev–Trinajstić information content (AvgIpc) is 2.39. The summed E-state index contributed by atoms with van der Waals surface area (Å²) in [6.45, 7) is 4.56. The molecule has 1 heterocycles. The topological polar surface area (TPSA) is 66.6 Å². The molecule has 0 saturated carbocycles. The molecule has 20 heavy (non-hydrogen) atoms. The standard InChI is InChI=1S/C15H21BrN2O2/c1-9-3-4-12(15(17)20)8-18(9)14-6-5-11(10(2)19)7-13(14)16/h5-7,9-10,12,19H,3-4,8H2,1-2H3,(H2,17,20). The Morgan fingerprint density at radius 2 is 2.20 bits per heavy atom. The van der Waals surface area contributed by atoms with Crippen LogP contribution >= 0.6 is 15.9 Å². The van der Waals surface area contributed by atoms with Gasteiger partial charge in [0.2, 0.25) is 5.91 Å². The number of rotatable bonds is 3. The van der Waals surface area contributed by atoms with Gasteiger partial charge in [0, 0.05) is 17.1 Å². The predicted octanol–water partition coefficient (Wildman–Crippen LogP) is 2.59. The van der Waals surface area contributed by atoms with Gasteiger partial charge in [-0.1, -0.05) is 6.07 Å². The number of aliphatic hydroxyl groups is 1. The van der Waals surface area contributed by atoms with Gasteiger partial charge < -0.3 is 15.7 Å². The van der Waals surface area contributed by atoms with E-state index in [9.17, 15) is 9.90 Å². The fraction of sp³-hybridized carbons (Fsp3) is 0.533. The minimum absolute atomic E-state index is 0.0884. The lowest BCUT2D eigenvalue weighted by molar-refractivity contribution is -0.122. The Balaban J connectivity index is 2.27. The van der Waals surface area contributed by atoms with E-state index in [1.54, 1.807) is 6.92 Å². The summed E-state index contributed by atoms with van der Waals surface area (Å²) in [5, 5.41) is 9.62. The van der Waals surface area contributed by atoms with Crippen LogP contribution in [-0.2, 0) is 4.79 Å². The van der Waals surface area contributed by atoms with Gasteiger partial charge in [-0.2, -0.15) is 0 Å². The highest BCUT2D eigenvalue weighted by Gasteiger charge is 2.29. The van der Waals surface area contributed by atoms with E-state index >= 15 is 0 Å². The molecule has 1 saturated heterocycles. The van der Waals surface area contributed by atoms with Crippen molar-refractivity contribution in [1.29, 1.82) is 0 Å². The Hall–Kier alpha value is -1.07. The number of amides is 1. The SMILES string of the molecule is CC(O)c1ccc(N2CC(C(N)=O)CCC2C)c(Br)c1. The van der Waals surface area contributed by atoms with Crippen molar-refractivity contribution in [3.8, 4) is 0 Å². The summed E-state index contributed by atoms with van der Waals surface area (Å²) in [6, 6.07) is 6.22. The Morgan fingerprint density at radius 3 is 2.75 bits per heavy atom. The van der Waals surface area contributed by atoms with Crippen LogP contribution in [0.15, 0.2) is 22.7 Å². The zero-order chi connectivity index (χ0) is 14.9. The first-order valence-corrected chi connectivity index (χ1v) is 7.73. The van der Waals surface area contributed by atoms with Gasteiger partial charge in [0.15, 0.2) is 0 Å². The zero-order valence-electron chi connectivity index (χ0n) is 11.8. The van der Waals surface area contributed by atoms with Crippen LogP contribution in [0.25, 0.3) is 0 Å². The molecule has 0 radical (unpaired) electrons. The molecule has 0 spiro atoms. The van der Waals surface area contributed by atoms with Crippen molar-refractivity contribution in [2.75, 3.05) is 11.4 Å². The summed E-state index contributed by atoms with van der Waals surface area (Å²) in [7, 11) is 0. The van der Waals surface area contributed by atoms with E-state index in [0.29, 0.717) is 12.6 Å². The second-order valence-corrected chi connectivity index (χ2v) is 6.42. The van der Waals surface area contributed by atoms with Gasteiger partial charge in [0.05, 0.1) is 17.7 Å². The molecule has 110 valence electrons. The number of halogens is 1. The van der Waals surface area contributed by atoms with Gasteiger partial charge in [-0.25, -0.2) is 0 Å². The number of hydrogen-bond donors (Lipinski definition) is 2. The first-order chi connectivity index (χ1) is 9.40. The number of carbonyl (C=O) groups is 1. The number of piperidine rings is 1. The van der Waals surface area contributed by atoms with Gasteiger partial charge in [-0.3, -0.25) is 4.79 Å². The van der Waals surface area contributed by atoms with Gasteiger partial charge in [-0.05, 0) is 60.3 Å². The highest BCUT2D eigenvalue weighted by atomic mass is 79.9. The molecule has 1 amide bonds. The Kier molecular flexibility index (Phi) is 4.70. The number of hydrogen-bond acceptors (Lipinski definition) is 3. The van der Waals surface area contributed by atoms with E-state index in [1.807, 2.05) is 18.2 Å². The molecule has 1 aromatic rings. The molecule has 2 rings (SSSR count). The third kappa shape index (κ3) is 3.15. The van der Waals surface area contributed by atoms with E-state index < -0.39 is 6.10 Å². The number of benzene rings is 1. The van der Waals surface area contributed by atoms with Crippen molar-refractivity contribution in [3.05, 3.63) is 28.2 Å². The second kappa shape index (κ2) is 6.14. The van der Waals surface area contributed by atoms with E-state index in [2.05, 4.69) is 27.8 Å². The Morgan fingerprint density at radius 1 is 1.50 bits per heavy atom. The number of nitrogens with two attached hydrogens (primary N) is 1. The summed E-state index contributed by atoms with van der Waals surface area (Å²) in [6.07, 6.45) is 1.33. The molecule has 0 aromatic heterocycles. The zero-order valence-corrected chi connectivity index (χ0v) is 13.4. The molecule has 0 bridgehead atoms. The number of aliphatic hydroxyl groups excluding tert-OH is 1. The van der Waals surface area contributed by atoms with Crippen LogP contribution in [0.4, 0.5) is 5.69 Å². The molecule has 3 N–H and O–H groups in total. The minimum atomic E-state index is -0.488. The predicted molar refractivity (Wildman–Crippen MR) is 83.5 cm³/mol. The maximum absolute atomic E-state index is 11.4. The molecule has 3 unspecified atom stereocenters. The van der Waals surface area contributed by atoms with Gasteiger partial charge in [-0.15, -0.1) is 0 Å². The molecular formula is C15H21BrN2O2. The number of nitrogens with zero attached hydrogens (tertiary/aromatic N) is 1. The van der Waals surface area contributed by atoms with E-state index in [-0.39, 0.29) is 11.8 Å². The molecule has 1 fully saturated rings. The van der Waals surface area contributed by atoms with Crippen LogP contribution in [0.2, 0.25) is 0 Å². The lowest BCUT2D eigenvalue weighted by Gasteiger charge is -2.39. The smallest absolute Gasteiger partial charge is 0.222 e. The molecule has 0 aliphatic carbocycles. The number of anilines is 1. The molecule has 1 aliphatic heterocycles. The quantitative estimate of drug-likeness (QED) is 0.888. The first kappa shape index (κ1) is 15.3. The molecule has 1 aromatic carbocycles. The highest BCUT2D eigenvalue weighted by Crippen LogP contribution is 2.34. The molecular weight excluding hydrogens is 320 g/mol. The number of primary amides is 1. The summed E-state index contributed by atoms with van der Waals surface area (Å²) in [5.41, 5.74) is 7.37. The lowest BCUT2D eigenvalue weighted by Crippen LogP contribution is -2.46. The largest absolute Gasteiger partial charge is 0.389 e. The van der Waals surface area contributed by atoms with Gasteiger partial charge >= 0.3 is 0 Å². The molecule has 5 heteroatoms. The van der Waals surface area contributed by atoms with Crippen LogP contribution in [0, 0.1) is 5.92 Å². The van der Waals surface area contributed by atoms with Crippen molar-refractivity contribution in [2.45, 2.75) is 38.8 Å². The summed E-state index contributed by atoms with van der Waals surface area (Å²) >= 11 is 3.57. The molecule has 3 atom stereocenters. The molecule has 4 nitrogen and oxygen atoms in total. The van der Waals surface area contributed by atoms with Crippen molar-refractivity contribution in [3.63, 3.8) is 0 Å². The minimum Gasteiger partial charge on any atom is -0.389 e. The number of carbonyl (C=O) groups excluding carboxylic acids is 1. The lowest BCUT2D eigenvalue weighted by atomic mass is 9.92. The van der Waals surface area contributed by atoms with Crippen LogP contribution in [0.3, 0.4) is 0 Å². The summed E-state index contributed by atoms with van der Waals surface area (Å²) in [4.78, 5) is 13.6. The summed E-state index contributed by atoms with van der Waals surface area (Å²) < 4.78 is 0.938. The Labute approximate surface area is 128 Å². The normalized spacial score (nSPS) is 24.5. The maximum atomic E-state index is 11.4. The van der Waals surface area contributed by atoms with Gasteiger partial charge in [0.25, 0.3) is 0 Å². The van der Waals surface area contributed by atoms with Gasteiger partial charge in [0.1, 0.15) is 0 Å². The monoisotopic (exact) mass is 340 g/mol. The van der Waals surface area contributed by atoms with Crippen molar-refractivity contribution >= 4 is 27.5 Å². The van der Waals surface area contributed by atoms with E-state index in [1.165, 1.54) is 0 Å². The van der Waals surface area contributed by atoms with Crippen LogP contribution in [0.1, 0.15) is 38.4 Å². The third-order valence-corrected chi connectivity index (χ3v) is 4.68. The maximum Gasteiger partial charge on any atom is 0.222 e. The third-order valence-electron chi connectivity index (χ3n) is 4.05. The second-order valence-electron chi connectivity index (χ2n) is 5.56. The fourth-order valence-electron chi connectivity index (χ4n) is 2.69. The first-order valence-electron chi connectivity index (χ1n) is 6.93.